The third-order valence-electron chi connectivity index (χ3n) is 8.99. The standard InChI is InChI=1S/C30H36FN2O3/c31-25-11-13-26(14-12-25)35-28-21-33(17-15-22(28)16-18-33)20-27-19-29(32-36-27)30(34,23-7-3-1-4-8-23)24-9-5-2-6-10-24/h1,3-4,7-8,11-14,19,22,24,28,34H,2,5-6,9-10,15-18,20-21H2/q+1/t22?,28-,30-,33?/m0/s1. The number of fused-ring (bicyclic) bond motifs is 3. The fourth-order valence-electron chi connectivity index (χ4n) is 6.97. The number of nitrogens with zero attached hydrogens (tertiary/aromatic N) is 2. The molecular formula is C30H36FN2O3+. The zero-order chi connectivity index (χ0) is 24.6. The highest BCUT2D eigenvalue weighted by atomic mass is 19.1. The van der Waals surface area contributed by atoms with Crippen LogP contribution in [0.1, 0.15) is 62.0 Å². The Labute approximate surface area is 212 Å². The van der Waals surface area contributed by atoms with Crippen LogP contribution in [0.5, 0.6) is 5.75 Å². The number of halogens is 1. The zero-order valence-electron chi connectivity index (χ0n) is 20.8. The molecular weight excluding hydrogens is 455 g/mol. The third kappa shape index (κ3) is 4.46. The van der Waals surface area contributed by atoms with E-state index < -0.39 is 5.60 Å². The van der Waals surface area contributed by atoms with Gasteiger partial charge in [-0.1, -0.05) is 54.8 Å². The molecule has 2 atom stereocenters. The van der Waals surface area contributed by atoms with E-state index in [-0.39, 0.29) is 17.8 Å². The Hall–Kier alpha value is -2.70. The van der Waals surface area contributed by atoms with Crippen molar-refractivity contribution in [3.05, 3.63) is 83.5 Å². The van der Waals surface area contributed by atoms with Crippen molar-refractivity contribution >= 4 is 0 Å². The van der Waals surface area contributed by atoms with E-state index in [4.69, 9.17) is 9.26 Å². The summed E-state index contributed by atoms with van der Waals surface area (Å²) in [5.74, 6) is 1.99. The number of ether oxygens (including phenoxy) is 1. The summed E-state index contributed by atoms with van der Waals surface area (Å²) < 4.78 is 26.5. The molecule has 3 aliphatic heterocycles. The number of piperidine rings is 3. The lowest BCUT2D eigenvalue weighted by Gasteiger charge is -2.51. The molecule has 3 saturated heterocycles. The molecule has 2 bridgehead atoms. The van der Waals surface area contributed by atoms with E-state index in [0.717, 1.165) is 86.3 Å². The molecule has 1 N–H and O–H groups in total. The lowest BCUT2D eigenvalue weighted by atomic mass is 9.71. The average Bonchev–Trinajstić information content (AvgIpc) is 3.39. The molecule has 36 heavy (non-hydrogen) atoms. The second-order valence-electron chi connectivity index (χ2n) is 11.2. The first-order valence-corrected chi connectivity index (χ1v) is 13.6. The number of aliphatic hydroxyl groups is 1. The van der Waals surface area contributed by atoms with Crippen molar-refractivity contribution in [2.24, 2.45) is 11.8 Å². The van der Waals surface area contributed by atoms with E-state index in [1.165, 1.54) is 18.6 Å². The van der Waals surface area contributed by atoms with Gasteiger partial charge in [0.1, 0.15) is 36.0 Å². The minimum atomic E-state index is -1.13. The molecule has 3 aromatic rings. The highest BCUT2D eigenvalue weighted by Gasteiger charge is 2.48. The Balaban J connectivity index is 1.23. The van der Waals surface area contributed by atoms with Crippen molar-refractivity contribution in [1.82, 2.24) is 5.16 Å². The number of aromatic nitrogens is 1. The van der Waals surface area contributed by atoms with Crippen LogP contribution in [0, 0.1) is 17.7 Å². The van der Waals surface area contributed by atoms with Crippen LogP contribution in [0.25, 0.3) is 0 Å². The van der Waals surface area contributed by atoms with E-state index >= 15 is 0 Å². The maximum Gasteiger partial charge on any atom is 0.191 e. The predicted octanol–water partition coefficient (Wildman–Crippen LogP) is 5.82. The Morgan fingerprint density at radius 1 is 0.972 bits per heavy atom. The van der Waals surface area contributed by atoms with E-state index in [2.05, 4.69) is 5.16 Å². The monoisotopic (exact) mass is 491 g/mol. The zero-order valence-corrected chi connectivity index (χ0v) is 20.8. The lowest BCUT2D eigenvalue weighted by molar-refractivity contribution is -0.959. The molecule has 6 heteroatoms. The highest BCUT2D eigenvalue weighted by Crippen LogP contribution is 2.44. The third-order valence-corrected chi connectivity index (χ3v) is 8.99. The van der Waals surface area contributed by atoms with Crippen molar-refractivity contribution < 1.29 is 23.2 Å². The van der Waals surface area contributed by atoms with Gasteiger partial charge in [-0.3, -0.25) is 0 Å². The van der Waals surface area contributed by atoms with Crippen molar-refractivity contribution in [3.8, 4) is 5.75 Å². The Bertz CT molecular complexity index is 1150. The summed E-state index contributed by atoms with van der Waals surface area (Å²) in [5.41, 5.74) is 0.405. The Kier molecular flexibility index (Phi) is 6.34. The minimum absolute atomic E-state index is 0.115. The van der Waals surface area contributed by atoms with Crippen LogP contribution in [0.4, 0.5) is 4.39 Å². The highest BCUT2D eigenvalue weighted by molar-refractivity contribution is 5.33. The van der Waals surface area contributed by atoms with Gasteiger partial charge in [-0.25, -0.2) is 4.39 Å². The number of hydrogen-bond acceptors (Lipinski definition) is 4. The second-order valence-corrected chi connectivity index (χ2v) is 11.2. The maximum atomic E-state index is 13.3. The largest absolute Gasteiger partial charge is 0.484 e. The van der Waals surface area contributed by atoms with Crippen molar-refractivity contribution in [1.29, 1.82) is 0 Å². The van der Waals surface area contributed by atoms with Crippen molar-refractivity contribution in [2.45, 2.75) is 63.2 Å². The van der Waals surface area contributed by atoms with Gasteiger partial charge in [0.15, 0.2) is 11.9 Å². The molecule has 1 aromatic heterocycles. The lowest BCUT2D eigenvalue weighted by Crippen LogP contribution is -2.64. The van der Waals surface area contributed by atoms with Crippen LogP contribution in [0.2, 0.25) is 0 Å². The molecule has 190 valence electrons. The van der Waals surface area contributed by atoms with Crippen LogP contribution in [0.3, 0.4) is 0 Å². The fourth-order valence-corrected chi connectivity index (χ4v) is 6.97. The smallest absolute Gasteiger partial charge is 0.191 e. The number of benzene rings is 2. The van der Waals surface area contributed by atoms with Gasteiger partial charge in [0.25, 0.3) is 0 Å². The van der Waals surface area contributed by atoms with Gasteiger partial charge in [0, 0.05) is 24.8 Å². The molecule has 2 aromatic carbocycles. The van der Waals surface area contributed by atoms with Crippen LogP contribution in [-0.4, -0.2) is 40.5 Å². The molecule has 0 spiro atoms. The summed E-state index contributed by atoms with van der Waals surface area (Å²) in [6.07, 6.45) is 7.85. The topological polar surface area (TPSA) is 55.5 Å². The molecule has 1 aliphatic carbocycles. The van der Waals surface area contributed by atoms with Gasteiger partial charge < -0.3 is 18.8 Å². The number of hydrogen-bond donors (Lipinski definition) is 1. The summed E-state index contributed by atoms with van der Waals surface area (Å²) in [6, 6.07) is 18.3. The number of quaternary nitrogens is 1. The van der Waals surface area contributed by atoms with Crippen LogP contribution in [0.15, 0.2) is 65.2 Å². The van der Waals surface area contributed by atoms with Crippen molar-refractivity contribution in [3.63, 3.8) is 0 Å². The minimum Gasteiger partial charge on any atom is -0.484 e. The molecule has 4 aliphatic rings. The first kappa shape index (κ1) is 23.7. The first-order valence-electron chi connectivity index (χ1n) is 13.6. The molecule has 0 amide bonds. The van der Waals surface area contributed by atoms with Crippen LogP contribution >= 0.6 is 0 Å². The number of rotatable bonds is 7. The SMILES string of the molecule is O[C@](c1ccccc1)(c1cc(C[N+]23CCC(CC2)[C@@H](Oc2ccc(F)cc2)C3)on1)C1CCCCC1. The first-order chi connectivity index (χ1) is 17.5. The summed E-state index contributed by atoms with van der Waals surface area (Å²) >= 11 is 0. The van der Waals surface area contributed by atoms with Crippen LogP contribution < -0.4 is 4.74 Å². The normalized spacial score (nSPS) is 28.1. The predicted molar refractivity (Wildman–Crippen MR) is 135 cm³/mol. The average molecular weight is 492 g/mol. The summed E-state index contributed by atoms with van der Waals surface area (Å²) in [5, 5.41) is 16.7. The molecule has 4 fully saturated rings. The summed E-state index contributed by atoms with van der Waals surface area (Å²) in [7, 11) is 0. The van der Waals surface area contributed by atoms with Gasteiger partial charge in [-0.05, 0) is 48.6 Å². The van der Waals surface area contributed by atoms with Crippen LogP contribution in [-0.2, 0) is 12.1 Å². The Morgan fingerprint density at radius 3 is 2.42 bits per heavy atom. The van der Waals surface area contributed by atoms with Gasteiger partial charge in [0.05, 0.1) is 13.1 Å². The van der Waals surface area contributed by atoms with E-state index in [9.17, 15) is 9.50 Å². The van der Waals surface area contributed by atoms with E-state index in [1.54, 1.807) is 12.1 Å². The van der Waals surface area contributed by atoms with E-state index in [0.29, 0.717) is 11.6 Å². The summed E-state index contributed by atoms with van der Waals surface area (Å²) in [6.45, 7) is 3.84. The summed E-state index contributed by atoms with van der Waals surface area (Å²) in [4.78, 5) is 0. The van der Waals surface area contributed by atoms with E-state index in [1.807, 2.05) is 36.4 Å². The Morgan fingerprint density at radius 2 is 1.69 bits per heavy atom. The van der Waals surface area contributed by atoms with Gasteiger partial charge >= 0.3 is 0 Å². The van der Waals surface area contributed by atoms with Gasteiger partial charge in [-0.15, -0.1) is 0 Å². The second kappa shape index (κ2) is 9.64. The fraction of sp³-hybridized carbons (Fsp3) is 0.500. The van der Waals surface area contributed by atoms with Crippen molar-refractivity contribution in [2.75, 3.05) is 19.6 Å². The molecule has 0 unspecified atom stereocenters. The molecule has 5 nitrogen and oxygen atoms in total. The maximum absolute atomic E-state index is 13.3. The molecule has 7 rings (SSSR count). The van der Waals surface area contributed by atoms with Gasteiger partial charge in [0.2, 0.25) is 0 Å². The molecule has 1 saturated carbocycles. The molecule has 4 heterocycles. The van der Waals surface area contributed by atoms with Gasteiger partial charge in [-0.2, -0.15) is 0 Å². The molecule has 0 radical (unpaired) electrons. The quantitative estimate of drug-likeness (QED) is 0.423.